The Bertz CT molecular complexity index is 289. The SMILES string of the molecule is C[N]C1C=Cc2ccccc21. The van der Waals surface area contributed by atoms with E-state index in [9.17, 15) is 0 Å². The van der Waals surface area contributed by atoms with Crippen LogP contribution < -0.4 is 5.32 Å². The van der Waals surface area contributed by atoms with E-state index in [1.54, 1.807) is 0 Å². The minimum atomic E-state index is 0.297. The third-order valence-electron chi connectivity index (χ3n) is 2.05. The first-order chi connectivity index (χ1) is 5.42. The molecule has 1 aromatic rings. The molecule has 1 aliphatic carbocycles. The van der Waals surface area contributed by atoms with Crippen molar-refractivity contribution in [2.24, 2.45) is 0 Å². The van der Waals surface area contributed by atoms with Crippen molar-refractivity contribution in [3.63, 3.8) is 0 Å². The van der Waals surface area contributed by atoms with Crippen LogP contribution in [0.5, 0.6) is 0 Å². The molecule has 11 heavy (non-hydrogen) atoms. The molecule has 0 saturated heterocycles. The van der Waals surface area contributed by atoms with Crippen molar-refractivity contribution >= 4 is 6.08 Å². The predicted molar refractivity (Wildman–Crippen MR) is 46.3 cm³/mol. The van der Waals surface area contributed by atoms with Gasteiger partial charge in [-0.2, -0.15) is 0 Å². The molecule has 0 bridgehead atoms. The molecule has 1 unspecified atom stereocenters. The van der Waals surface area contributed by atoms with E-state index < -0.39 is 0 Å². The third kappa shape index (κ3) is 0.976. The van der Waals surface area contributed by atoms with Crippen molar-refractivity contribution < 1.29 is 0 Å². The number of likely N-dealkylation sites (N-methyl/N-ethyl adjacent to an activating group) is 1. The molecule has 0 heterocycles. The first-order valence-corrected chi connectivity index (χ1v) is 3.78. The molecule has 0 amide bonds. The standard InChI is InChI=1S/C10H10N/c1-11-10-7-6-8-4-2-3-5-9(8)10/h2-7,10H,1H3. The zero-order chi connectivity index (χ0) is 7.68. The molecule has 1 aliphatic rings. The highest BCUT2D eigenvalue weighted by Crippen LogP contribution is 2.27. The largest absolute Gasteiger partial charge is 0.233 e. The van der Waals surface area contributed by atoms with Gasteiger partial charge >= 0.3 is 0 Å². The Hall–Kier alpha value is -1.08. The molecule has 0 spiro atoms. The van der Waals surface area contributed by atoms with Crippen molar-refractivity contribution in [2.45, 2.75) is 6.04 Å². The smallest absolute Gasteiger partial charge is 0.0682 e. The van der Waals surface area contributed by atoms with Gasteiger partial charge in [-0.1, -0.05) is 36.4 Å². The second kappa shape index (κ2) is 2.51. The Balaban J connectivity index is 2.46. The molecular weight excluding hydrogens is 134 g/mol. The Morgan fingerprint density at radius 1 is 1.27 bits per heavy atom. The normalized spacial score (nSPS) is 20.3. The minimum Gasteiger partial charge on any atom is -0.233 e. The van der Waals surface area contributed by atoms with Gasteiger partial charge in [-0.25, -0.2) is 5.32 Å². The zero-order valence-electron chi connectivity index (χ0n) is 6.49. The second-order valence-electron chi connectivity index (χ2n) is 2.69. The van der Waals surface area contributed by atoms with Crippen molar-refractivity contribution in [2.75, 3.05) is 7.05 Å². The van der Waals surface area contributed by atoms with Gasteiger partial charge in [0.1, 0.15) is 0 Å². The fourth-order valence-electron chi connectivity index (χ4n) is 1.46. The molecule has 0 N–H and O–H groups in total. The van der Waals surface area contributed by atoms with Gasteiger partial charge < -0.3 is 0 Å². The summed E-state index contributed by atoms with van der Waals surface area (Å²) in [6.45, 7) is 0. The number of rotatable bonds is 1. The topological polar surface area (TPSA) is 14.1 Å². The molecule has 0 saturated carbocycles. The van der Waals surface area contributed by atoms with Crippen LogP contribution in [-0.2, 0) is 0 Å². The lowest BCUT2D eigenvalue weighted by atomic mass is 10.1. The highest BCUT2D eigenvalue weighted by Gasteiger charge is 2.14. The average molecular weight is 144 g/mol. The van der Waals surface area contributed by atoms with Gasteiger partial charge in [-0.15, -0.1) is 0 Å². The van der Waals surface area contributed by atoms with Gasteiger partial charge in [0.05, 0.1) is 6.04 Å². The van der Waals surface area contributed by atoms with Crippen LogP contribution in [0.15, 0.2) is 30.3 Å². The monoisotopic (exact) mass is 144 g/mol. The van der Waals surface area contributed by atoms with E-state index in [1.165, 1.54) is 11.1 Å². The van der Waals surface area contributed by atoms with Gasteiger partial charge in [0.2, 0.25) is 0 Å². The molecule has 1 nitrogen and oxygen atoms in total. The van der Waals surface area contributed by atoms with E-state index >= 15 is 0 Å². The summed E-state index contributed by atoms with van der Waals surface area (Å²) in [5.74, 6) is 0. The van der Waals surface area contributed by atoms with Gasteiger partial charge in [0, 0.05) is 7.05 Å². The van der Waals surface area contributed by atoms with Gasteiger partial charge in [0.15, 0.2) is 0 Å². The lowest BCUT2D eigenvalue weighted by molar-refractivity contribution is 0.709. The Labute approximate surface area is 66.7 Å². The van der Waals surface area contributed by atoms with Crippen molar-refractivity contribution in [3.8, 4) is 0 Å². The van der Waals surface area contributed by atoms with E-state index in [2.05, 4.69) is 41.7 Å². The summed E-state index contributed by atoms with van der Waals surface area (Å²) < 4.78 is 0. The van der Waals surface area contributed by atoms with Gasteiger partial charge in [-0.05, 0) is 11.1 Å². The van der Waals surface area contributed by atoms with Crippen LogP contribution in [0.3, 0.4) is 0 Å². The van der Waals surface area contributed by atoms with Gasteiger partial charge in [-0.3, -0.25) is 0 Å². The summed E-state index contributed by atoms with van der Waals surface area (Å²) in [4.78, 5) is 0. The van der Waals surface area contributed by atoms with Crippen LogP contribution in [0, 0.1) is 0 Å². The van der Waals surface area contributed by atoms with E-state index in [-0.39, 0.29) is 0 Å². The third-order valence-corrected chi connectivity index (χ3v) is 2.05. The highest BCUT2D eigenvalue weighted by atomic mass is 14.9. The van der Waals surface area contributed by atoms with Crippen LogP contribution in [0.2, 0.25) is 0 Å². The number of nitrogens with zero attached hydrogens (tertiary/aromatic N) is 1. The summed E-state index contributed by atoms with van der Waals surface area (Å²) in [7, 11) is 1.86. The first-order valence-electron chi connectivity index (χ1n) is 3.78. The van der Waals surface area contributed by atoms with E-state index in [1.807, 2.05) is 7.05 Å². The second-order valence-corrected chi connectivity index (χ2v) is 2.69. The molecule has 1 aromatic carbocycles. The molecule has 55 valence electrons. The minimum absolute atomic E-state index is 0.297. The van der Waals surface area contributed by atoms with Crippen LogP contribution in [-0.4, -0.2) is 7.05 Å². The van der Waals surface area contributed by atoms with Crippen molar-refractivity contribution in [3.05, 3.63) is 41.5 Å². The maximum Gasteiger partial charge on any atom is 0.0682 e. The van der Waals surface area contributed by atoms with Crippen molar-refractivity contribution in [1.82, 2.24) is 5.32 Å². The van der Waals surface area contributed by atoms with Crippen molar-refractivity contribution in [1.29, 1.82) is 0 Å². The summed E-state index contributed by atoms with van der Waals surface area (Å²) in [5, 5.41) is 4.24. The lowest BCUT2D eigenvalue weighted by Gasteiger charge is -2.06. The fraction of sp³-hybridized carbons (Fsp3) is 0.200. The van der Waals surface area contributed by atoms with Crippen LogP contribution in [0.25, 0.3) is 6.08 Å². The molecule has 1 heteroatoms. The van der Waals surface area contributed by atoms with Crippen LogP contribution >= 0.6 is 0 Å². The number of benzene rings is 1. The molecular formula is C10H10N. The number of hydrogen-bond donors (Lipinski definition) is 0. The highest BCUT2D eigenvalue weighted by molar-refractivity contribution is 5.61. The van der Waals surface area contributed by atoms with Crippen LogP contribution in [0.1, 0.15) is 17.2 Å². The van der Waals surface area contributed by atoms with E-state index in [0.717, 1.165) is 0 Å². The molecule has 1 radical (unpaired) electrons. The van der Waals surface area contributed by atoms with Crippen LogP contribution in [0.4, 0.5) is 0 Å². The van der Waals surface area contributed by atoms with Gasteiger partial charge in [0.25, 0.3) is 0 Å². The number of fused-ring (bicyclic) bond motifs is 1. The quantitative estimate of drug-likeness (QED) is 0.572. The summed E-state index contributed by atoms with van der Waals surface area (Å²) >= 11 is 0. The molecule has 0 fully saturated rings. The molecule has 1 atom stereocenters. The molecule has 0 aliphatic heterocycles. The maximum absolute atomic E-state index is 4.24. The Kier molecular flexibility index (Phi) is 1.51. The summed E-state index contributed by atoms with van der Waals surface area (Å²) in [5.41, 5.74) is 2.64. The summed E-state index contributed by atoms with van der Waals surface area (Å²) in [6, 6.07) is 8.67. The summed E-state index contributed by atoms with van der Waals surface area (Å²) in [6.07, 6.45) is 4.26. The molecule has 0 aromatic heterocycles. The predicted octanol–water partition coefficient (Wildman–Crippen LogP) is 1.99. The average Bonchev–Trinajstić information content (AvgIpc) is 2.47. The Morgan fingerprint density at radius 3 is 2.91 bits per heavy atom. The lowest BCUT2D eigenvalue weighted by Crippen LogP contribution is -2.03. The van der Waals surface area contributed by atoms with E-state index in [0.29, 0.717) is 6.04 Å². The fourth-order valence-corrected chi connectivity index (χ4v) is 1.46. The zero-order valence-corrected chi connectivity index (χ0v) is 6.49. The van der Waals surface area contributed by atoms with E-state index in [4.69, 9.17) is 0 Å². The molecule has 2 rings (SSSR count). The Morgan fingerprint density at radius 2 is 2.09 bits per heavy atom. The number of hydrogen-bond acceptors (Lipinski definition) is 0. The first kappa shape index (κ1) is 6.62. The maximum atomic E-state index is 4.24.